The lowest BCUT2D eigenvalue weighted by molar-refractivity contribution is 0.104. The number of benzene rings is 2. The van der Waals surface area contributed by atoms with Crippen LogP contribution in [0.4, 0.5) is 9.18 Å². The average Bonchev–Trinajstić information content (AvgIpc) is 3.25. The summed E-state index contributed by atoms with van der Waals surface area (Å²) in [5.41, 5.74) is 1.54. The second-order valence-electron chi connectivity index (χ2n) is 8.52. The van der Waals surface area contributed by atoms with E-state index in [9.17, 15) is 19.4 Å². The van der Waals surface area contributed by atoms with Crippen LogP contribution < -0.4 is 15.4 Å². The van der Waals surface area contributed by atoms with Crippen molar-refractivity contribution in [2.45, 2.75) is 44.1 Å². The first-order chi connectivity index (χ1) is 16.4. The zero-order valence-corrected chi connectivity index (χ0v) is 19.9. The van der Waals surface area contributed by atoms with Crippen LogP contribution in [0.25, 0.3) is 0 Å². The molecule has 1 fully saturated rings. The van der Waals surface area contributed by atoms with Gasteiger partial charge in [0, 0.05) is 31.2 Å². The van der Waals surface area contributed by atoms with Gasteiger partial charge in [-0.25, -0.2) is 4.79 Å². The van der Waals surface area contributed by atoms with E-state index in [0.29, 0.717) is 68.4 Å². The third-order valence-electron chi connectivity index (χ3n) is 5.78. The van der Waals surface area contributed by atoms with Crippen LogP contribution in [0.2, 0.25) is 5.02 Å². The quantitative estimate of drug-likeness (QED) is 0.340. The van der Waals surface area contributed by atoms with Crippen LogP contribution in [0, 0.1) is 0 Å². The van der Waals surface area contributed by atoms with Crippen LogP contribution in [-0.2, 0) is 6.54 Å². The molecule has 0 bridgehead atoms. The lowest BCUT2D eigenvalue weighted by Gasteiger charge is -2.29. The summed E-state index contributed by atoms with van der Waals surface area (Å²) in [5.74, 6) is 0.641. The molecule has 2 aromatic carbocycles. The fraction of sp³-hybridized carbons (Fsp3) is 0.480. The fourth-order valence-corrected chi connectivity index (χ4v) is 3.99. The van der Waals surface area contributed by atoms with Crippen LogP contribution in [0.1, 0.15) is 36.5 Å². The molecule has 34 heavy (non-hydrogen) atoms. The predicted molar refractivity (Wildman–Crippen MR) is 130 cm³/mol. The molecule has 7 nitrogen and oxygen atoms in total. The summed E-state index contributed by atoms with van der Waals surface area (Å²) in [7, 11) is 0. The van der Waals surface area contributed by atoms with Crippen molar-refractivity contribution < 1.29 is 24.1 Å². The number of carbonyl (C=O) groups is 1. The summed E-state index contributed by atoms with van der Waals surface area (Å²) in [5, 5.41) is 27.3. The van der Waals surface area contributed by atoms with Gasteiger partial charge in [-0.05, 0) is 54.7 Å². The highest BCUT2D eigenvalue weighted by Gasteiger charge is 2.29. The number of ether oxygens (including phenoxy) is 1. The maximum atomic E-state index is 12.6. The number of amides is 2. The Labute approximate surface area is 204 Å². The van der Waals surface area contributed by atoms with E-state index in [-0.39, 0.29) is 6.67 Å². The molecular formula is C25H33ClFN3O4. The number of urea groups is 1. The molecule has 0 saturated carbocycles. The maximum Gasteiger partial charge on any atom is 0.315 e. The first-order valence-corrected chi connectivity index (χ1v) is 12.0. The lowest BCUT2D eigenvalue weighted by Crippen LogP contribution is -2.50. The number of nitrogens with one attached hydrogen (secondary N) is 2. The Hall–Kier alpha value is -2.39. The van der Waals surface area contributed by atoms with Crippen molar-refractivity contribution in [1.29, 1.82) is 0 Å². The van der Waals surface area contributed by atoms with E-state index in [4.69, 9.17) is 16.3 Å². The molecule has 1 aliphatic rings. The number of carbonyl (C=O) groups excluding carboxylic acids is 1. The normalized spacial score (nSPS) is 17.8. The average molecular weight is 494 g/mol. The summed E-state index contributed by atoms with van der Waals surface area (Å²) in [6, 6.07) is 13.2. The molecule has 9 heteroatoms. The highest BCUT2D eigenvalue weighted by Crippen LogP contribution is 2.22. The molecule has 1 aliphatic heterocycles. The molecule has 2 aromatic rings. The molecule has 0 spiro atoms. The van der Waals surface area contributed by atoms with Crippen molar-refractivity contribution in [3.63, 3.8) is 0 Å². The van der Waals surface area contributed by atoms with Crippen molar-refractivity contribution in [2.75, 3.05) is 32.9 Å². The van der Waals surface area contributed by atoms with Gasteiger partial charge in [-0.3, -0.25) is 9.29 Å². The third kappa shape index (κ3) is 8.43. The van der Waals surface area contributed by atoms with Gasteiger partial charge in [0.2, 0.25) is 0 Å². The van der Waals surface area contributed by atoms with Gasteiger partial charge in [0.15, 0.2) is 0 Å². The van der Waals surface area contributed by atoms with Gasteiger partial charge in [0.05, 0.1) is 25.4 Å². The van der Waals surface area contributed by atoms with Gasteiger partial charge in [-0.2, -0.15) is 0 Å². The number of aliphatic hydroxyl groups is 2. The second kappa shape index (κ2) is 13.5. The van der Waals surface area contributed by atoms with Crippen LogP contribution in [0.15, 0.2) is 48.5 Å². The number of alkyl halides is 1. The summed E-state index contributed by atoms with van der Waals surface area (Å²) >= 11 is 5.90. The summed E-state index contributed by atoms with van der Waals surface area (Å²) in [4.78, 5) is 14.6. The molecule has 1 saturated heterocycles. The van der Waals surface area contributed by atoms with Crippen molar-refractivity contribution >= 4 is 17.6 Å². The smallest absolute Gasteiger partial charge is 0.315 e. The number of nitrogens with zero attached hydrogens (tertiary/aromatic N) is 1. The van der Waals surface area contributed by atoms with Gasteiger partial charge in [-0.1, -0.05) is 35.9 Å². The number of likely N-dealkylation sites (tertiary alicyclic amines) is 1. The molecule has 3 rings (SSSR count). The Morgan fingerprint density at radius 3 is 2.56 bits per heavy atom. The van der Waals surface area contributed by atoms with Gasteiger partial charge >= 0.3 is 6.03 Å². The highest BCUT2D eigenvalue weighted by molar-refractivity contribution is 6.30. The van der Waals surface area contributed by atoms with E-state index >= 15 is 0 Å². The van der Waals surface area contributed by atoms with Gasteiger partial charge in [-0.15, -0.1) is 0 Å². The third-order valence-corrected chi connectivity index (χ3v) is 6.04. The highest BCUT2D eigenvalue weighted by atomic mass is 35.5. The Morgan fingerprint density at radius 1 is 1.18 bits per heavy atom. The molecule has 4 N–H and O–H groups in total. The first kappa shape index (κ1) is 26.2. The largest absolute Gasteiger partial charge is 0.494 e. The number of hydrogen-bond acceptors (Lipinski definition) is 5. The van der Waals surface area contributed by atoms with Crippen LogP contribution in [-0.4, -0.2) is 66.2 Å². The standard InChI is InChI=1S/C25H33ClFN3O4/c26-20-7-3-18(4-8-20)15-28-25(33)29-23(17-30-13-11-21(31)16-30)24(32)19-5-9-22(10-6-19)34-14-2-1-12-27/h3-10,21,23-24,31-32H,1-2,11-17H2,(H2,28,29,33). The van der Waals surface area contributed by atoms with Gasteiger partial charge in [0.1, 0.15) is 11.9 Å². The minimum absolute atomic E-state index is 0.322. The molecule has 0 aromatic heterocycles. The van der Waals surface area contributed by atoms with Crippen LogP contribution >= 0.6 is 11.6 Å². The number of halogens is 2. The molecule has 3 unspecified atom stereocenters. The molecule has 0 aliphatic carbocycles. The molecular weight excluding hydrogens is 461 g/mol. The topological polar surface area (TPSA) is 94.1 Å². The molecule has 186 valence electrons. The monoisotopic (exact) mass is 493 g/mol. The van der Waals surface area contributed by atoms with E-state index in [1.54, 1.807) is 36.4 Å². The van der Waals surface area contributed by atoms with Gasteiger partial charge < -0.3 is 25.6 Å². The minimum Gasteiger partial charge on any atom is -0.494 e. The van der Waals surface area contributed by atoms with E-state index in [1.807, 2.05) is 17.0 Å². The van der Waals surface area contributed by atoms with E-state index in [0.717, 1.165) is 5.56 Å². The second-order valence-corrected chi connectivity index (χ2v) is 8.96. The number of hydrogen-bond donors (Lipinski definition) is 4. The zero-order chi connectivity index (χ0) is 24.3. The lowest BCUT2D eigenvalue weighted by atomic mass is 10.0. The molecule has 2 amide bonds. The summed E-state index contributed by atoms with van der Waals surface area (Å²) < 4.78 is 17.8. The van der Waals surface area contributed by atoms with E-state index in [1.165, 1.54) is 0 Å². The predicted octanol–water partition coefficient (Wildman–Crippen LogP) is 3.44. The Balaban J connectivity index is 1.60. The first-order valence-electron chi connectivity index (χ1n) is 11.6. The Morgan fingerprint density at radius 2 is 1.91 bits per heavy atom. The van der Waals surface area contributed by atoms with Crippen molar-refractivity contribution in [2.24, 2.45) is 0 Å². The fourth-order valence-electron chi connectivity index (χ4n) is 3.86. The Kier molecular flexibility index (Phi) is 10.4. The maximum absolute atomic E-state index is 12.6. The van der Waals surface area contributed by atoms with E-state index in [2.05, 4.69) is 10.6 Å². The SMILES string of the molecule is O=C(NCc1ccc(Cl)cc1)NC(CN1CCC(O)C1)C(O)c1ccc(OCCCCF)cc1. The molecule has 0 radical (unpaired) electrons. The van der Waals surface area contributed by atoms with Crippen LogP contribution in [0.3, 0.4) is 0 Å². The summed E-state index contributed by atoms with van der Waals surface area (Å²) in [6.07, 6.45) is 0.416. The number of β-amino-alcohol motifs (C(OH)–C–C–N with tert-alkyl or cyclic N) is 1. The number of unbranched alkanes of at least 4 members (excludes halogenated alkanes) is 1. The van der Waals surface area contributed by atoms with E-state index < -0.39 is 24.3 Å². The molecule has 3 atom stereocenters. The van der Waals surface area contributed by atoms with Gasteiger partial charge in [0.25, 0.3) is 0 Å². The van der Waals surface area contributed by atoms with Crippen molar-refractivity contribution in [3.05, 3.63) is 64.7 Å². The van der Waals surface area contributed by atoms with Crippen molar-refractivity contribution in [3.8, 4) is 5.75 Å². The van der Waals surface area contributed by atoms with Crippen LogP contribution in [0.5, 0.6) is 5.75 Å². The Bertz CT molecular complexity index is 885. The number of aliphatic hydroxyl groups excluding tert-OH is 2. The van der Waals surface area contributed by atoms with Crippen molar-refractivity contribution in [1.82, 2.24) is 15.5 Å². The minimum atomic E-state index is -0.959. The summed E-state index contributed by atoms with van der Waals surface area (Å²) in [6.45, 7) is 2.00. The number of rotatable bonds is 12. The zero-order valence-electron chi connectivity index (χ0n) is 19.1. The molecule has 1 heterocycles.